The molecule has 2 aliphatic rings. The Kier molecular flexibility index (Phi) is 4.21. The van der Waals surface area contributed by atoms with Crippen molar-refractivity contribution in [3.63, 3.8) is 0 Å². The van der Waals surface area contributed by atoms with E-state index in [1.807, 2.05) is 0 Å². The molecule has 1 aromatic carbocycles. The van der Waals surface area contributed by atoms with Crippen LogP contribution in [0.3, 0.4) is 0 Å². The third-order valence-corrected chi connectivity index (χ3v) is 5.57. The number of rotatable bonds is 4. The van der Waals surface area contributed by atoms with E-state index in [1.54, 1.807) is 6.07 Å². The number of nitrogens with zero attached hydrogens (tertiary/aromatic N) is 1. The highest BCUT2D eigenvalue weighted by Crippen LogP contribution is 2.45. The van der Waals surface area contributed by atoms with Gasteiger partial charge in [-0.1, -0.05) is 6.07 Å². The zero-order valence-electron chi connectivity index (χ0n) is 16.0. The third-order valence-electron chi connectivity index (χ3n) is 5.57. The van der Waals surface area contributed by atoms with Crippen LogP contribution in [0.5, 0.6) is 5.75 Å². The molecule has 1 fully saturated rings. The summed E-state index contributed by atoms with van der Waals surface area (Å²) in [6, 6.07) is 5.93. The summed E-state index contributed by atoms with van der Waals surface area (Å²) >= 11 is 0. The number of H-pyrrole nitrogens is 1. The van der Waals surface area contributed by atoms with Crippen molar-refractivity contribution in [2.24, 2.45) is 0 Å². The van der Waals surface area contributed by atoms with E-state index < -0.39 is 17.0 Å². The number of aromatic amines is 1. The Balaban J connectivity index is 1.74. The molecule has 2 aromatic heterocycles. The van der Waals surface area contributed by atoms with Crippen LogP contribution < -0.4 is 15.4 Å². The van der Waals surface area contributed by atoms with Crippen LogP contribution in [-0.4, -0.2) is 42.7 Å². The summed E-state index contributed by atoms with van der Waals surface area (Å²) in [5.41, 5.74) is 1.86. The quantitative estimate of drug-likeness (QED) is 0.613. The van der Waals surface area contributed by atoms with Crippen LogP contribution in [0.25, 0.3) is 11.3 Å². The van der Waals surface area contributed by atoms with Crippen LogP contribution >= 0.6 is 0 Å². The van der Waals surface area contributed by atoms with Gasteiger partial charge in [-0.25, -0.2) is 8.78 Å². The fraction of sp³-hybridized carbons (Fsp3) is 0.238. The van der Waals surface area contributed by atoms with E-state index in [2.05, 4.69) is 20.6 Å². The first-order valence-electron chi connectivity index (χ1n) is 9.36. The smallest absolute Gasteiger partial charge is 0.255 e. The van der Waals surface area contributed by atoms with Gasteiger partial charge in [0.05, 0.1) is 54.6 Å². The van der Waals surface area contributed by atoms with Crippen LogP contribution in [0.1, 0.15) is 16.1 Å². The van der Waals surface area contributed by atoms with E-state index in [4.69, 9.17) is 9.47 Å². The molecule has 7 nitrogen and oxygen atoms in total. The summed E-state index contributed by atoms with van der Waals surface area (Å²) < 4.78 is 39.5. The number of carbonyl (C=O) groups excluding carboxylic acids is 1. The molecule has 0 radical (unpaired) electrons. The molecule has 1 spiro atoms. The van der Waals surface area contributed by atoms with Gasteiger partial charge in [-0.15, -0.1) is 0 Å². The lowest BCUT2D eigenvalue weighted by Crippen LogP contribution is -2.58. The number of benzene rings is 1. The Morgan fingerprint density at radius 2 is 2.07 bits per heavy atom. The number of aromatic nitrogens is 2. The topological polar surface area (TPSA) is 88.3 Å². The van der Waals surface area contributed by atoms with Crippen molar-refractivity contribution in [3.05, 3.63) is 59.6 Å². The van der Waals surface area contributed by atoms with Crippen LogP contribution in [-0.2, 0) is 10.2 Å². The zero-order valence-corrected chi connectivity index (χ0v) is 16.0. The molecule has 0 atom stereocenters. The van der Waals surface area contributed by atoms with Crippen molar-refractivity contribution >= 4 is 17.3 Å². The van der Waals surface area contributed by atoms with Gasteiger partial charge in [0, 0.05) is 24.0 Å². The van der Waals surface area contributed by atoms with Gasteiger partial charge in [-0.05, 0) is 18.2 Å². The molecule has 9 heteroatoms. The van der Waals surface area contributed by atoms with Gasteiger partial charge in [-0.3, -0.25) is 9.78 Å². The van der Waals surface area contributed by atoms with Crippen molar-refractivity contribution in [2.75, 3.05) is 32.2 Å². The summed E-state index contributed by atoms with van der Waals surface area (Å²) in [6.07, 6.45) is 2.57. The van der Waals surface area contributed by atoms with Crippen LogP contribution in [0.4, 0.5) is 20.2 Å². The molecule has 0 aliphatic carbocycles. The van der Waals surface area contributed by atoms with Gasteiger partial charge in [0.15, 0.2) is 17.4 Å². The van der Waals surface area contributed by atoms with E-state index >= 15 is 0 Å². The molecule has 3 aromatic rings. The second-order valence-electron chi connectivity index (χ2n) is 7.38. The molecule has 1 amide bonds. The summed E-state index contributed by atoms with van der Waals surface area (Å²) in [5, 5.41) is 5.98. The van der Waals surface area contributed by atoms with E-state index in [0.29, 0.717) is 48.1 Å². The number of anilines is 2. The number of amides is 1. The average Bonchev–Trinajstić information content (AvgIpc) is 3.08. The van der Waals surface area contributed by atoms with Crippen LogP contribution in [0, 0.1) is 11.6 Å². The van der Waals surface area contributed by atoms with Gasteiger partial charge in [-0.2, -0.15) is 0 Å². The Hall–Kier alpha value is -3.46. The summed E-state index contributed by atoms with van der Waals surface area (Å²) in [4.78, 5) is 19.9. The van der Waals surface area contributed by atoms with Crippen molar-refractivity contribution < 1.29 is 23.0 Å². The fourth-order valence-electron chi connectivity index (χ4n) is 4.00. The number of fused-ring (bicyclic) bond motifs is 2. The molecule has 3 N–H and O–H groups in total. The number of hydrogen-bond acceptors (Lipinski definition) is 5. The first-order chi connectivity index (χ1) is 14.5. The minimum Gasteiger partial charge on any atom is -0.492 e. The van der Waals surface area contributed by atoms with Gasteiger partial charge >= 0.3 is 0 Å². The molecule has 1 saturated heterocycles. The average molecular weight is 412 g/mol. The maximum absolute atomic E-state index is 14.6. The lowest BCUT2D eigenvalue weighted by atomic mass is 9.78. The number of para-hydroxylation sites is 1. The number of pyridine rings is 1. The summed E-state index contributed by atoms with van der Waals surface area (Å²) in [5.74, 6) is -1.43. The zero-order chi connectivity index (χ0) is 20.9. The van der Waals surface area contributed by atoms with Crippen molar-refractivity contribution in [1.29, 1.82) is 0 Å². The Labute approximate surface area is 170 Å². The molecule has 30 heavy (non-hydrogen) atoms. The van der Waals surface area contributed by atoms with Gasteiger partial charge in [0.2, 0.25) is 0 Å². The SMILES string of the molecule is COc1c(F)cccc1Nc1c(-c2ccncc2F)[nH]c2c1C(=O)NCC21COC1. The lowest BCUT2D eigenvalue weighted by Gasteiger charge is -2.43. The number of nitrogens with one attached hydrogen (secondary N) is 3. The van der Waals surface area contributed by atoms with E-state index in [9.17, 15) is 13.6 Å². The molecule has 0 unspecified atom stereocenters. The molecular formula is C21H18F2N4O3. The fourth-order valence-corrected chi connectivity index (χ4v) is 4.00. The number of carbonyl (C=O) groups is 1. The molecule has 0 bridgehead atoms. The number of hydrogen-bond donors (Lipinski definition) is 3. The number of ether oxygens (including phenoxy) is 2. The lowest BCUT2D eigenvalue weighted by molar-refractivity contribution is -0.0621. The van der Waals surface area contributed by atoms with Crippen LogP contribution in [0.15, 0.2) is 36.7 Å². The molecule has 5 rings (SSSR count). The highest BCUT2D eigenvalue weighted by molar-refractivity contribution is 6.07. The van der Waals surface area contributed by atoms with E-state index in [-0.39, 0.29) is 17.2 Å². The largest absolute Gasteiger partial charge is 0.492 e. The predicted octanol–water partition coefficient (Wildman–Crippen LogP) is 3.12. The molecule has 2 aliphatic heterocycles. The van der Waals surface area contributed by atoms with Crippen LogP contribution in [0.2, 0.25) is 0 Å². The minimum atomic E-state index is -0.558. The maximum atomic E-state index is 14.6. The monoisotopic (exact) mass is 412 g/mol. The van der Waals surface area contributed by atoms with Crippen molar-refractivity contribution in [3.8, 4) is 17.0 Å². The first kappa shape index (κ1) is 18.6. The second-order valence-corrected chi connectivity index (χ2v) is 7.38. The summed E-state index contributed by atoms with van der Waals surface area (Å²) in [7, 11) is 1.35. The van der Waals surface area contributed by atoms with Crippen molar-refractivity contribution in [2.45, 2.75) is 5.41 Å². The highest BCUT2D eigenvalue weighted by atomic mass is 19.1. The van der Waals surface area contributed by atoms with E-state index in [0.717, 1.165) is 6.20 Å². The molecule has 4 heterocycles. The van der Waals surface area contributed by atoms with E-state index in [1.165, 1.54) is 31.5 Å². The van der Waals surface area contributed by atoms with Gasteiger partial charge < -0.3 is 25.1 Å². The highest BCUT2D eigenvalue weighted by Gasteiger charge is 2.49. The maximum Gasteiger partial charge on any atom is 0.255 e. The first-order valence-corrected chi connectivity index (χ1v) is 9.36. The molecule has 154 valence electrons. The predicted molar refractivity (Wildman–Crippen MR) is 105 cm³/mol. The minimum absolute atomic E-state index is 0.00786. The van der Waals surface area contributed by atoms with Crippen molar-refractivity contribution in [1.82, 2.24) is 15.3 Å². The van der Waals surface area contributed by atoms with Gasteiger partial charge in [0.1, 0.15) is 0 Å². The molecular weight excluding hydrogens is 394 g/mol. The summed E-state index contributed by atoms with van der Waals surface area (Å²) in [6.45, 7) is 1.28. The number of methoxy groups -OCH3 is 1. The number of halogens is 2. The Morgan fingerprint density at radius 1 is 1.23 bits per heavy atom. The Bertz CT molecular complexity index is 1160. The second kappa shape index (κ2) is 6.81. The normalized spacial score (nSPS) is 16.6. The molecule has 0 saturated carbocycles. The van der Waals surface area contributed by atoms with Gasteiger partial charge in [0.25, 0.3) is 5.91 Å². The third kappa shape index (κ3) is 2.66. The Morgan fingerprint density at radius 3 is 2.77 bits per heavy atom. The standard InChI is InChI=1S/C21H18F2N4O3/c1-29-18-12(22)3-2-4-14(18)26-17-15-19(21(9-30-10-21)8-25-20(15)28)27-16(17)11-5-6-24-7-13(11)23/h2-7,26-27H,8-10H2,1H3,(H,25,28).